The third-order valence-electron chi connectivity index (χ3n) is 2.51. The van der Waals surface area contributed by atoms with Gasteiger partial charge in [0.25, 0.3) is 20.2 Å². The molecule has 1 aliphatic rings. The Labute approximate surface area is 128 Å². The Balaban J connectivity index is 2.55. The van der Waals surface area contributed by atoms with Crippen LogP contribution in [0.4, 0.5) is 14.6 Å². The lowest BCUT2D eigenvalue weighted by Crippen LogP contribution is -2.30. The van der Waals surface area contributed by atoms with Crippen LogP contribution in [0, 0.1) is 0 Å². The molecule has 0 atom stereocenters. The molecule has 126 valence electrons. The van der Waals surface area contributed by atoms with E-state index < -0.39 is 52.7 Å². The molecule has 2 rings (SSSR count). The molecule has 1 aromatic carbocycles. The Bertz CT molecular complexity index is 912. The molecule has 0 aliphatic carbocycles. The molecule has 0 unspecified atom stereocenters. The van der Waals surface area contributed by atoms with Crippen molar-refractivity contribution in [1.82, 2.24) is 10.8 Å². The van der Waals surface area contributed by atoms with Gasteiger partial charge < -0.3 is 5.32 Å². The number of benzene rings is 1. The van der Waals surface area contributed by atoms with Gasteiger partial charge in [-0.25, -0.2) is 5.43 Å². The van der Waals surface area contributed by atoms with E-state index in [1.54, 1.807) is 0 Å². The van der Waals surface area contributed by atoms with Crippen LogP contribution >= 0.6 is 0 Å². The largest absolute Gasteiger partial charge is 0.349 e. The zero-order chi connectivity index (χ0) is 17.4. The third-order valence-corrected chi connectivity index (χ3v) is 4.27. The van der Waals surface area contributed by atoms with Crippen molar-refractivity contribution in [2.45, 2.75) is 9.79 Å². The maximum Gasteiger partial charge on any atom is 0.296 e. The van der Waals surface area contributed by atoms with Crippen LogP contribution in [-0.2, 0) is 20.2 Å². The predicted molar refractivity (Wildman–Crippen MR) is 72.4 cm³/mol. The van der Waals surface area contributed by atoms with Gasteiger partial charge in [-0.1, -0.05) is 4.48 Å². The van der Waals surface area contributed by atoms with Crippen LogP contribution < -0.4 is 10.7 Å². The van der Waals surface area contributed by atoms with E-state index in [0.29, 0.717) is 24.4 Å². The van der Waals surface area contributed by atoms with Gasteiger partial charge >= 0.3 is 0 Å². The summed E-state index contributed by atoms with van der Waals surface area (Å²) in [7, 11) is -9.50. The second-order valence-corrected chi connectivity index (χ2v) is 6.89. The first kappa shape index (κ1) is 17.1. The summed E-state index contributed by atoms with van der Waals surface area (Å²) in [5.41, 5.74) is 0.344. The highest BCUT2D eigenvalue weighted by atomic mass is 32.2. The summed E-state index contributed by atoms with van der Waals surface area (Å²) in [5.74, 6) is -1.30. The average molecular weight is 370 g/mol. The van der Waals surface area contributed by atoms with Gasteiger partial charge in [0.05, 0.1) is 16.8 Å². The summed E-state index contributed by atoms with van der Waals surface area (Å²) in [6, 6.07) is 2.02. The van der Waals surface area contributed by atoms with Crippen molar-refractivity contribution in [2.24, 2.45) is 5.10 Å². The van der Waals surface area contributed by atoms with Crippen LogP contribution in [0.15, 0.2) is 44.7 Å². The summed E-state index contributed by atoms with van der Waals surface area (Å²) in [6.07, 6.45) is 0.625. The molecule has 0 saturated carbocycles. The average Bonchev–Trinajstić information content (AvgIpc) is 2.39. The van der Waals surface area contributed by atoms with Crippen molar-refractivity contribution in [3.05, 3.63) is 29.8 Å². The number of hydrogen-bond acceptors (Lipinski definition) is 8. The molecule has 0 bridgehead atoms. The maximum absolute atomic E-state index is 13.5. The molecule has 0 amide bonds. The van der Waals surface area contributed by atoms with E-state index in [4.69, 9.17) is 9.11 Å². The van der Waals surface area contributed by atoms with Gasteiger partial charge in [-0.2, -0.15) is 21.2 Å². The zero-order valence-corrected chi connectivity index (χ0v) is 12.4. The molecule has 0 aromatic heterocycles. The highest BCUT2D eigenvalue weighted by Gasteiger charge is 2.22. The van der Waals surface area contributed by atoms with E-state index in [1.807, 2.05) is 0 Å². The summed E-state index contributed by atoms with van der Waals surface area (Å²) in [5, 5.41) is 4.66. The van der Waals surface area contributed by atoms with Crippen molar-refractivity contribution in [2.75, 3.05) is 5.32 Å². The second-order valence-electron chi connectivity index (χ2n) is 4.08. The van der Waals surface area contributed by atoms with Gasteiger partial charge in [-0.05, 0) is 23.5 Å². The fourth-order valence-corrected chi connectivity index (χ4v) is 2.69. The van der Waals surface area contributed by atoms with Crippen molar-refractivity contribution in [1.29, 1.82) is 0 Å². The fourth-order valence-electron chi connectivity index (χ4n) is 1.56. The number of rotatable bonds is 4. The molecule has 0 fully saturated rings. The number of nitrogens with one attached hydrogen (secondary N) is 2. The lowest BCUT2D eigenvalue weighted by molar-refractivity contribution is -0.0273. The minimum atomic E-state index is -4.81. The Morgan fingerprint density at radius 3 is 2.35 bits per heavy atom. The zero-order valence-electron chi connectivity index (χ0n) is 10.8. The third kappa shape index (κ3) is 3.92. The van der Waals surface area contributed by atoms with Crippen molar-refractivity contribution in [3.63, 3.8) is 0 Å². The standard InChI is InChI=1S/C9H8F2N4O6S2/c10-9-7(4-12-15(11)14-9)13-6-3-5(22(16,17)18)1-2-8(6)23(19,20)21/h1-4,13-14H,(H,16,17,18)(H,19,20,21). The molecule has 1 aromatic rings. The summed E-state index contributed by atoms with van der Waals surface area (Å²) in [6.45, 7) is 0. The van der Waals surface area contributed by atoms with Gasteiger partial charge in [-0.15, -0.1) is 5.10 Å². The van der Waals surface area contributed by atoms with Gasteiger partial charge in [0.1, 0.15) is 10.6 Å². The van der Waals surface area contributed by atoms with Crippen LogP contribution in [-0.4, -0.2) is 37.5 Å². The van der Waals surface area contributed by atoms with E-state index in [9.17, 15) is 25.7 Å². The van der Waals surface area contributed by atoms with Gasteiger partial charge in [0, 0.05) is 0 Å². The molecule has 0 spiro atoms. The van der Waals surface area contributed by atoms with E-state index in [0.717, 1.165) is 0 Å². The lowest BCUT2D eigenvalue weighted by Gasteiger charge is -2.17. The van der Waals surface area contributed by atoms with Crippen LogP contribution in [0.3, 0.4) is 0 Å². The van der Waals surface area contributed by atoms with Crippen molar-refractivity contribution < 1.29 is 34.8 Å². The number of hydrazine groups is 1. The number of halogens is 2. The molecule has 10 nitrogen and oxygen atoms in total. The molecule has 23 heavy (non-hydrogen) atoms. The monoisotopic (exact) mass is 370 g/mol. The Hall–Kier alpha value is -2.29. The molecule has 0 radical (unpaired) electrons. The highest BCUT2D eigenvalue weighted by Crippen LogP contribution is 2.27. The van der Waals surface area contributed by atoms with E-state index >= 15 is 0 Å². The molecular formula is C9H8F2N4O6S2. The number of hydrazone groups is 1. The van der Waals surface area contributed by atoms with Crippen LogP contribution in [0.5, 0.6) is 0 Å². The van der Waals surface area contributed by atoms with Crippen molar-refractivity contribution >= 4 is 32.1 Å². The van der Waals surface area contributed by atoms with Gasteiger partial charge in [-0.3, -0.25) is 9.11 Å². The first-order valence-electron chi connectivity index (χ1n) is 5.51. The van der Waals surface area contributed by atoms with Crippen LogP contribution in [0.2, 0.25) is 0 Å². The summed E-state index contributed by atoms with van der Waals surface area (Å²) in [4.78, 5) is -1.53. The van der Waals surface area contributed by atoms with Gasteiger partial charge in [0.2, 0.25) is 5.95 Å². The number of allylic oxidation sites excluding steroid dienone is 1. The van der Waals surface area contributed by atoms with Crippen molar-refractivity contribution in [3.8, 4) is 0 Å². The Kier molecular flexibility index (Phi) is 4.25. The predicted octanol–water partition coefficient (Wildman–Crippen LogP) is 0.421. The highest BCUT2D eigenvalue weighted by molar-refractivity contribution is 7.86. The van der Waals surface area contributed by atoms with Crippen LogP contribution in [0.25, 0.3) is 0 Å². The van der Waals surface area contributed by atoms with E-state index in [-0.39, 0.29) is 0 Å². The molecule has 0 saturated heterocycles. The Morgan fingerprint density at radius 2 is 1.83 bits per heavy atom. The quantitative estimate of drug-likeness (QED) is 0.336. The molecule has 4 N–H and O–H groups in total. The summed E-state index contributed by atoms with van der Waals surface area (Å²) >= 11 is 0. The Morgan fingerprint density at radius 1 is 1.17 bits per heavy atom. The molecule has 14 heteroatoms. The van der Waals surface area contributed by atoms with Crippen LogP contribution in [0.1, 0.15) is 0 Å². The number of nitrogens with zero attached hydrogens (tertiary/aromatic N) is 2. The summed E-state index contributed by atoms with van der Waals surface area (Å²) < 4.78 is 88.8. The minimum Gasteiger partial charge on any atom is -0.349 e. The molecular weight excluding hydrogens is 362 g/mol. The van der Waals surface area contributed by atoms with Gasteiger partial charge in [0.15, 0.2) is 0 Å². The normalized spacial score (nSPS) is 15.6. The molecule has 1 aliphatic heterocycles. The lowest BCUT2D eigenvalue weighted by atomic mass is 10.3. The SMILES string of the molecule is O=S(=O)(O)c1ccc(S(=O)(=O)O)c(NC2=C(F)NN(F)N=C2)c1. The van der Waals surface area contributed by atoms with E-state index in [2.05, 4.69) is 10.4 Å². The number of anilines is 1. The second kappa shape index (κ2) is 5.73. The smallest absolute Gasteiger partial charge is 0.296 e. The first-order chi connectivity index (χ1) is 10.5. The minimum absolute atomic E-state index is 0.473. The number of hydrogen-bond donors (Lipinski definition) is 4. The maximum atomic E-state index is 13.5. The van der Waals surface area contributed by atoms with E-state index in [1.165, 1.54) is 5.43 Å². The topological polar surface area (TPSA) is 148 Å². The molecule has 1 heterocycles. The first-order valence-corrected chi connectivity index (χ1v) is 8.39. The fraction of sp³-hybridized carbons (Fsp3) is 0.